The summed E-state index contributed by atoms with van der Waals surface area (Å²) in [7, 11) is -1.77. The van der Waals surface area contributed by atoms with Gasteiger partial charge in [-0.25, -0.2) is 0 Å². The van der Waals surface area contributed by atoms with Crippen LogP contribution in [0.5, 0.6) is 0 Å². The van der Waals surface area contributed by atoms with Crippen molar-refractivity contribution in [1.29, 1.82) is 0 Å². The van der Waals surface area contributed by atoms with Crippen molar-refractivity contribution in [3.63, 3.8) is 0 Å². The maximum atomic E-state index is 6.37. The zero-order valence-corrected chi connectivity index (χ0v) is 16.3. The number of benzene rings is 1. The van der Waals surface area contributed by atoms with Crippen LogP contribution in [0.3, 0.4) is 0 Å². The van der Waals surface area contributed by atoms with Crippen molar-refractivity contribution in [2.45, 2.75) is 51.5 Å². The number of hydrogen-bond donors (Lipinski definition) is 0. The van der Waals surface area contributed by atoms with Gasteiger partial charge < -0.3 is 4.43 Å². The predicted molar refractivity (Wildman–Crippen MR) is 103 cm³/mol. The zero-order chi connectivity index (χ0) is 17.5. The van der Waals surface area contributed by atoms with E-state index in [2.05, 4.69) is 75.5 Å². The van der Waals surface area contributed by atoms with Crippen LogP contribution >= 0.6 is 0 Å². The topological polar surface area (TPSA) is 12.5 Å². The molecule has 3 heteroatoms. The molecule has 1 unspecified atom stereocenters. The van der Waals surface area contributed by atoms with E-state index in [9.17, 15) is 0 Å². The van der Waals surface area contributed by atoms with E-state index in [1.165, 1.54) is 5.56 Å². The standard InChI is InChI=1S/C20H31NOSi/c1-8-15-21(16-18-13-11-10-12-14-18)19(9-2)17-22-23(6,7)20(3,4)5/h1,9-14,19H,2,15-17H2,3-7H3. The number of terminal acetylenes is 1. The highest BCUT2D eigenvalue weighted by Crippen LogP contribution is 2.36. The quantitative estimate of drug-likeness (QED) is 0.389. The van der Waals surface area contributed by atoms with Gasteiger partial charge in [0.2, 0.25) is 0 Å². The Morgan fingerprint density at radius 3 is 2.39 bits per heavy atom. The number of nitrogens with zero attached hydrogens (tertiary/aromatic N) is 1. The Morgan fingerprint density at radius 2 is 1.91 bits per heavy atom. The highest BCUT2D eigenvalue weighted by molar-refractivity contribution is 6.74. The molecule has 0 aliphatic rings. The average Bonchev–Trinajstić information content (AvgIpc) is 2.47. The number of rotatable bonds is 8. The molecule has 0 N–H and O–H groups in total. The molecule has 0 spiro atoms. The van der Waals surface area contributed by atoms with Crippen molar-refractivity contribution in [2.75, 3.05) is 13.2 Å². The molecule has 0 amide bonds. The van der Waals surface area contributed by atoms with Gasteiger partial charge in [0.25, 0.3) is 0 Å². The third kappa shape index (κ3) is 5.99. The molecule has 1 rings (SSSR count). The van der Waals surface area contributed by atoms with Gasteiger partial charge in [0.1, 0.15) is 0 Å². The lowest BCUT2D eigenvalue weighted by molar-refractivity contribution is 0.163. The summed E-state index contributed by atoms with van der Waals surface area (Å²) in [6.07, 6.45) is 7.52. The van der Waals surface area contributed by atoms with Crippen molar-refractivity contribution in [3.8, 4) is 12.3 Å². The third-order valence-corrected chi connectivity index (χ3v) is 9.19. The van der Waals surface area contributed by atoms with Gasteiger partial charge in [-0.15, -0.1) is 13.0 Å². The molecule has 0 aromatic heterocycles. The summed E-state index contributed by atoms with van der Waals surface area (Å²) in [5.74, 6) is 2.76. The fraction of sp³-hybridized carbons (Fsp3) is 0.500. The van der Waals surface area contributed by atoms with E-state index in [1.54, 1.807) is 0 Å². The highest BCUT2D eigenvalue weighted by atomic mass is 28.4. The van der Waals surface area contributed by atoms with Crippen molar-refractivity contribution < 1.29 is 4.43 Å². The lowest BCUT2D eigenvalue weighted by Gasteiger charge is -2.38. The minimum atomic E-state index is -1.77. The van der Waals surface area contributed by atoms with Crippen LogP contribution in [-0.2, 0) is 11.0 Å². The maximum Gasteiger partial charge on any atom is 0.192 e. The Labute approximate surface area is 143 Å². The van der Waals surface area contributed by atoms with Gasteiger partial charge in [0, 0.05) is 6.54 Å². The monoisotopic (exact) mass is 329 g/mol. The summed E-state index contributed by atoms with van der Waals surface area (Å²) < 4.78 is 6.37. The summed E-state index contributed by atoms with van der Waals surface area (Å²) in [6, 6.07) is 10.5. The highest BCUT2D eigenvalue weighted by Gasteiger charge is 2.37. The second kappa shape index (κ2) is 8.49. The van der Waals surface area contributed by atoms with Crippen LogP contribution in [0.4, 0.5) is 0 Å². The van der Waals surface area contributed by atoms with Crippen LogP contribution in [0, 0.1) is 12.3 Å². The molecule has 126 valence electrons. The van der Waals surface area contributed by atoms with Gasteiger partial charge in [-0.1, -0.05) is 63.1 Å². The molecule has 1 aromatic carbocycles. The molecule has 0 aliphatic heterocycles. The first kappa shape index (κ1) is 19.7. The van der Waals surface area contributed by atoms with Gasteiger partial charge in [0.15, 0.2) is 8.32 Å². The van der Waals surface area contributed by atoms with Crippen LogP contribution < -0.4 is 0 Å². The Morgan fingerprint density at radius 1 is 1.30 bits per heavy atom. The van der Waals surface area contributed by atoms with Crippen molar-refractivity contribution in [3.05, 3.63) is 48.6 Å². The second-order valence-corrected chi connectivity index (χ2v) is 12.3. The lowest BCUT2D eigenvalue weighted by Crippen LogP contribution is -2.45. The molecule has 0 saturated carbocycles. The van der Waals surface area contributed by atoms with Gasteiger partial charge in [-0.05, 0) is 23.7 Å². The van der Waals surface area contributed by atoms with Crippen LogP contribution in [0.2, 0.25) is 18.1 Å². The fourth-order valence-electron chi connectivity index (χ4n) is 2.06. The minimum Gasteiger partial charge on any atom is -0.415 e. The van der Waals surface area contributed by atoms with Gasteiger partial charge in [-0.2, -0.15) is 0 Å². The Kier molecular flexibility index (Phi) is 7.28. The maximum absolute atomic E-state index is 6.37. The van der Waals surface area contributed by atoms with Gasteiger partial charge in [-0.3, -0.25) is 4.90 Å². The minimum absolute atomic E-state index is 0.125. The average molecular weight is 330 g/mol. The van der Waals surface area contributed by atoms with Crippen molar-refractivity contribution >= 4 is 8.32 Å². The molecule has 0 saturated heterocycles. The van der Waals surface area contributed by atoms with Crippen molar-refractivity contribution in [1.82, 2.24) is 4.90 Å². The summed E-state index contributed by atoms with van der Waals surface area (Å²) in [5.41, 5.74) is 1.25. The molecule has 0 aliphatic carbocycles. The van der Waals surface area contributed by atoms with E-state index in [-0.39, 0.29) is 11.1 Å². The summed E-state index contributed by atoms with van der Waals surface area (Å²) in [5, 5.41) is 0.203. The van der Waals surface area contributed by atoms with Crippen LogP contribution in [-0.4, -0.2) is 32.4 Å². The molecule has 2 nitrogen and oxygen atoms in total. The fourth-order valence-corrected chi connectivity index (χ4v) is 3.08. The predicted octanol–water partition coefficient (Wildman–Crippen LogP) is 4.70. The van der Waals surface area contributed by atoms with E-state index in [0.29, 0.717) is 13.2 Å². The van der Waals surface area contributed by atoms with E-state index < -0.39 is 8.32 Å². The Hall–Kier alpha value is -1.34. The van der Waals surface area contributed by atoms with E-state index >= 15 is 0 Å². The third-order valence-electron chi connectivity index (χ3n) is 4.69. The normalized spacial score (nSPS) is 13.6. The van der Waals surface area contributed by atoms with Crippen LogP contribution in [0.15, 0.2) is 43.0 Å². The molecule has 1 atom stereocenters. The largest absolute Gasteiger partial charge is 0.415 e. The van der Waals surface area contributed by atoms with E-state index in [4.69, 9.17) is 10.8 Å². The molecule has 0 radical (unpaired) electrons. The summed E-state index contributed by atoms with van der Waals surface area (Å²) in [4.78, 5) is 2.25. The van der Waals surface area contributed by atoms with Gasteiger partial charge in [0.05, 0.1) is 19.2 Å². The van der Waals surface area contributed by atoms with Crippen LogP contribution in [0.25, 0.3) is 0 Å². The zero-order valence-electron chi connectivity index (χ0n) is 15.3. The SMILES string of the molecule is C#CCN(Cc1ccccc1)C(C=C)CO[Si](C)(C)C(C)(C)C. The first-order valence-electron chi connectivity index (χ1n) is 8.19. The van der Waals surface area contributed by atoms with Crippen LogP contribution in [0.1, 0.15) is 26.3 Å². The molecular weight excluding hydrogens is 298 g/mol. The molecule has 23 heavy (non-hydrogen) atoms. The molecule has 0 bridgehead atoms. The van der Waals surface area contributed by atoms with E-state index in [1.807, 2.05) is 12.1 Å². The summed E-state index contributed by atoms with van der Waals surface area (Å²) in [6.45, 7) is 17.4. The van der Waals surface area contributed by atoms with E-state index in [0.717, 1.165) is 6.54 Å². The lowest BCUT2D eigenvalue weighted by atomic mass is 10.1. The Balaban J connectivity index is 2.79. The number of hydrogen-bond acceptors (Lipinski definition) is 2. The Bertz CT molecular complexity index is 525. The molecule has 0 heterocycles. The van der Waals surface area contributed by atoms with Gasteiger partial charge >= 0.3 is 0 Å². The first-order valence-corrected chi connectivity index (χ1v) is 11.1. The molecular formula is C20H31NOSi. The first-order chi connectivity index (χ1) is 10.7. The second-order valence-electron chi connectivity index (χ2n) is 7.47. The summed E-state index contributed by atoms with van der Waals surface area (Å²) >= 11 is 0. The molecule has 1 aromatic rings. The smallest absolute Gasteiger partial charge is 0.192 e. The van der Waals surface area contributed by atoms with Crippen molar-refractivity contribution in [2.24, 2.45) is 0 Å². The molecule has 0 fully saturated rings.